The molecular formula is C22H22N4OS2. The van der Waals surface area contributed by atoms with Gasteiger partial charge in [0.1, 0.15) is 5.75 Å². The van der Waals surface area contributed by atoms with Crippen LogP contribution in [0.1, 0.15) is 16.7 Å². The number of methoxy groups -OCH3 is 1. The van der Waals surface area contributed by atoms with E-state index in [1.807, 2.05) is 54.6 Å². The van der Waals surface area contributed by atoms with E-state index in [4.69, 9.17) is 10.5 Å². The van der Waals surface area contributed by atoms with Crippen molar-refractivity contribution in [2.75, 3.05) is 7.11 Å². The van der Waals surface area contributed by atoms with E-state index in [-0.39, 0.29) is 0 Å². The molecule has 0 saturated carbocycles. The van der Waals surface area contributed by atoms with Crippen LogP contribution in [-0.4, -0.2) is 23.5 Å². The third-order valence-corrected chi connectivity index (χ3v) is 5.76. The lowest BCUT2D eigenvalue weighted by atomic mass is 10.1. The maximum Gasteiger partial charge on any atom is 0.180 e. The highest BCUT2D eigenvalue weighted by Crippen LogP contribution is 2.27. The third kappa shape index (κ3) is 6.96. The fourth-order valence-corrected chi connectivity index (χ4v) is 3.94. The number of pyridine rings is 1. The second-order valence-corrected chi connectivity index (χ2v) is 7.98. The van der Waals surface area contributed by atoms with Crippen LogP contribution in [0.2, 0.25) is 0 Å². The van der Waals surface area contributed by atoms with Gasteiger partial charge >= 0.3 is 0 Å². The fourth-order valence-electron chi connectivity index (χ4n) is 2.49. The van der Waals surface area contributed by atoms with Gasteiger partial charge in [0.2, 0.25) is 0 Å². The number of nitrogens with two attached hydrogens (primary N) is 1. The Kier molecular flexibility index (Phi) is 8.15. The highest BCUT2D eigenvalue weighted by atomic mass is 32.2. The lowest BCUT2D eigenvalue weighted by Crippen LogP contribution is -2.06. The molecule has 1 aromatic heterocycles. The van der Waals surface area contributed by atoms with Crippen LogP contribution in [0.5, 0.6) is 5.75 Å². The summed E-state index contributed by atoms with van der Waals surface area (Å²) in [6.45, 7) is 0. The van der Waals surface area contributed by atoms with Crippen molar-refractivity contribution in [2.24, 2.45) is 15.9 Å². The van der Waals surface area contributed by atoms with E-state index in [0.717, 1.165) is 33.4 Å². The van der Waals surface area contributed by atoms with Crippen LogP contribution < -0.4 is 10.5 Å². The minimum absolute atomic E-state index is 0.435. The number of amidine groups is 1. The zero-order chi connectivity index (χ0) is 20.3. The van der Waals surface area contributed by atoms with Crippen LogP contribution in [-0.2, 0) is 11.5 Å². The first-order valence-electron chi connectivity index (χ1n) is 8.98. The van der Waals surface area contributed by atoms with Crippen molar-refractivity contribution < 1.29 is 4.74 Å². The molecule has 29 heavy (non-hydrogen) atoms. The molecule has 0 aliphatic rings. The van der Waals surface area contributed by atoms with Gasteiger partial charge in [-0.3, -0.25) is 0 Å². The topological polar surface area (TPSA) is 72.9 Å². The summed E-state index contributed by atoms with van der Waals surface area (Å²) in [4.78, 5) is 4.34. The van der Waals surface area contributed by atoms with Crippen LogP contribution in [0.3, 0.4) is 0 Å². The molecule has 0 bridgehead atoms. The van der Waals surface area contributed by atoms with E-state index in [0.29, 0.717) is 5.17 Å². The highest BCUT2D eigenvalue weighted by Gasteiger charge is 2.05. The number of nitrogens with zero attached hydrogens (tertiary/aromatic N) is 3. The molecule has 2 aromatic carbocycles. The van der Waals surface area contributed by atoms with Gasteiger partial charge in [-0.15, -0.1) is 16.9 Å². The summed E-state index contributed by atoms with van der Waals surface area (Å²) in [6, 6.07) is 21.9. The molecule has 3 rings (SSSR count). The Balaban J connectivity index is 1.60. The van der Waals surface area contributed by atoms with Gasteiger partial charge in [0.05, 0.1) is 18.4 Å². The molecular weight excluding hydrogens is 400 g/mol. The van der Waals surface area contributed by atoms with Crippen molar-refractivity contribution in [3.63, 3.8) is 0 Å². The molecule has 1 heterocycles. The first-order valence-corrected chi connectivity index (χ1v) is 11.0. The van der Waals surface area contributed by atoms with Crippen molar-refractivity contribution in [1.82, 2.24) is 4.98 Å². The Bertz CT molecular complexity index is 963. The number of aromatic nitrogens is 1. The molecule has 5 nitrogen and oxygen atoms in total. The van der Waals surface area contributed by atoms with E-state index in [9.17, 15) is 0 Å². The summed E-state index contributed by atoms with van der Waals surface area (Å²) in [5.74, 6) is 2.36. The Morgan fingerprint density at radius 3 is 2.66 bits per heavy atom. The van der Waals surface area contributed by atoms with Crippen LogP contribution in [0.25, 0.3) is 0 Å². The average Bonchev–Trinajstić information content (AvgIpc) is 2.78. The largest absolute Gasteiger partial charge is 0.496 e. The predicted molar refractivity (Wildman–Crippen MR) is 124 cm³/mol. The van der Waals surface area contributed by atoms with Crippen molar-refractivity contribution in [3.8, 4) is 5.75 Å². The van der Waals surface area contributed by atoms with E-state index in [1.165, 1.54) is 17.3 Å². The van der Waals surface area contributed by atoms with Gasteiger partial charge in [0.25, 0.3) is 0 Å². The molecule has 3 aromatic rings. The van der Waals surface area contributed by atoms with Gasteiger partial charge in [-0.2, -0.15) is 5.10 Å². The number of thioether (sulfide) groups is 2. The molecule has 0 radical (unpaired) electrons. The monoisotopic (exact) mass is 422 g/mol. The number of hydrogen-bond acceptors (Lipinski definition) is 6. The quantitative estimate of drug-likeness (QED) is 0.240. The van der Waals surface area contributed by atoms with E-state index in [1.54, 1.807) is 31.3 Å². The molecule has 0 unspecified atom stereocenters. The summed E-state index contributed by atoms with van der Waals surface area (Å²) < 4.78 is 5.48. The standard InChI is InChI=1S/C22H22N4OS2/c1-27-20-11-10-18(13-19(20)16-28-21-9-5-6-12-24-21)14-25-26-22(23)29-15-17-7-3-2-4-8-17/h2-14H,15-16H2,1H3,(H2,23,26). The second-order valence-electron chi connectivity index (χ2n) is 5.99. The van der Waals surface area contributed by atoms with Crippen LogP contribution in [0.15, 0.2) is 88.2 Å². The molecule has 2 N–H and O–H groups in total. The summed E-state index contributed by atoms with van der Waals surface area (Å²) in [5.41, 5.74) is 9.15. The molecule has 0 aliphatic heterocycles. The molecule has 0 fully saturated rings. The zero-order valence-corrected chi connectivity index (χ0v) is 17.7. The lowest BCUT2D eigenvalue weighted by Gasteiger charge is -2.09. The lowest BCUT2D eigenvalue weighted by molar-refractivity contribution is 0.411. The summed E-state index contributed by atoms with van der Waals surface area (Å²) in [6.07, 6.45) is 3.49. The number of benzene rings is 2. The van der Waals surface area contributed by atoms with Crippen LogP contribution in [0, 0.1) is 0 Å². The molecule has 0 aliphatic carbocycles. The van der Waals surface area contributed by atoms with Gasteiger partial charge in [-0.1, -0.05) is 48.2 Å². The molecule has 148 valence electrons. The van der Waals surface area contributed by atoms with Crippen molar-refractivity contribution >= 4 is 34.9 Å². The fraction of sp³-hybridized carbons (Fsp3) is 0.136. The van der Waals surface area contributed by atoms with E-state index in [2.05, 4.69) is 27.3 Å². The Hall–Kier alpha value is -2.77. The smallest absolute Gasteiger partial charge is 0.180 e. The summed E-state index contributed by atoms with van der Waals surface area (Å²) >= 11 is 3.12. The van der Waals surface area contributed by atoms with Gasteiger partial charge in [0.15, 0.2) is 5.17 Å². The third-order valence-electron chi connectivity index (χ3n) is 3.91. The number of ether oxygens (including phenoxy) is 1. The maximum atomic E-state index is 5.94. The Morgan fingerprint density at radius 1 is 1.07 bits per heavy atom. The molecule has 0 spiro atoms. The first-order chi connectivity index (χ1) is 14.2. The van der Waals surface area contributed by atoms with Gasteiger partial charge in [0, 0.05) is 23.3 Å². The predicted octanol–water partition coefficient (Wildman–Crippen LogP) is 4.96. The minimum atomic E-state index is 0.435. The number of rotatable bonds is 8. The van der Waals surface area contributed by atoms with E-state index >= 15 is 0 Å². The van der Waals surface area contributed by atoms with Crippen molar-refractivity contribution in [1.29, 1.82) is 0 Å². The summed E-state index contributed by atoms with van der Waals surface area (Å²) in [5, 5.41) is 9.61. The van der Waals surface area contributed by atoms with Crippen LogP contribution in [0.4, 0.5) is 0 Å². The van der Waals surface area contributed by atoms with Crippen molar-refractivity contribution in [3.05, 3.63) is 89.6 Å². The molecule has 0 atom stereocenters. The molecule has 0 amide bonds. The van der Waals surface area contributed by atoms with Gasteiger partial charge in [-0.05, 0) is 41.5 Å². The summed E-state index contributed by atoms with van der Waals surface area (Å²) in [7, 11) is 1.67. The zero-order valence-electron chi connectivity index (χ0n) is 16.1. The van der Waals surface area contributed by atoms with Crippen LogP contribution >= 0.6 is 23.5 Å². The normalized spacial score (nSPS) is 11.7. The van der Waals surface area contributed by atoms with E-state index < -0.39 is 0 Å². The van der Waals surface area contributed by atoms with Crippen molar-refractivity contribution in [2.45, 2.75) is 16.5 Å². The maximum absolute atomic E-state index is 5.94. The van der Waals surface area contributed by atoms with Gasteiger partial charge in [-0.25, -0.2) is 4.98 Å². The molecule has 0 saturated heterocycles. The number of hydrogen-bond donors (Lipinski definition) is 1. The average molecular weight is 423 g/mol. The minimum Gasteiger partial charge on any atom is -0.496 e. The van der Waals surface area contributed by atoms with Gasteiger partial charge < -0.3 is 10.5 Å². The molecule has 7 heteroatoms. The second kappa shape index (κ2) is 11.3. The first kappa shape index (κ1) is 21.0. The highest BCUT2D eigenvalue weighted by molar-refractivity contribution is 8.13. The Labute approximate surface area is 179 Å². The Morgan fingerprint density at radius 2 is 1.90 bits per heavy atom. The SMILES string of the molecule is COc1ccc(C=NN=C(N)SCc2ccccc2)cc1CSc1ccccn1.